The monoisotopic (exact) mass is 276 g/mol. The fourth-order valence-corrected chi connectivity index (χ4v) is 2.45. The van der Waals surface area contributed by atoms with Gasteiger partial charge >= 0.3 is 0 Å². The van der Waals surface area contributed by atoms with Gasteiger partial charge < -0.3 is 11.1 Å². The zero-order valence-electron chi connectivity index (χ0n) is 9.84. The third kappa shape index (κ3) is 2.04. The molecule has 3 nitrogen and oxygen atoms in total. The number of amides is 1. The van der Waals surface area contributed by atoms with Gasteiger partial charge in [0.05, 0.1) is 17.1 Å². The Balaban J connectivity index is 2.11. The number of carbonyl (C=O) groups excluding carboxylic acids is 1. The van der Waals surface area contributed by atoms with Gasteiger partial charge in [0.15, 0.2) is 0 Å². The molecule has 1 amide bonds. The predicted molar refractivity (Wildman–Crippen MR) is 73.6 cm³/mol. The van der Waals surface area contributed by atoms with Gasteiger partial charge in [-0.1, -0.05) is 23.7 Å². The molecule has 2 aromatic carbocycles. The lowest BCUT2D eigenvalue weighted by atomic mass is 10.0. The topological polar surface area (TPSA) is 55.1 Å². The van der Waals surface area contributed by atoms with Crippen LogP contribution in [0.15, 0.2) is 30.3 Å². The van der Waals surface area contributed by atoms with Crippen molar-refractivity contribution in [2.75, 3.05) is 11.1 Å². The SMILES string of the molecule is Nc1cc(Cl)c(-c2ccc3c(c2)NC(=O)C3)cc1F. The molecule has 1 aliphatic heterocycles. The Kier molecular flexibility index (Phi) is 2.68. The normalized spacial score (nSPS) is 13.3. The summed E-state index contributed by atoms with van der Waals surface area (Å²) in [6, 6.07) is 8.13. The average molecular weight is 277 g/mol. The molecule has 0 aliphatic carbocycles. The minimum absolute atomic E-state index is 0.0169. The first-order valence-electron chi connectivity index (χ1n) is 5.72. The number of hydrogen-bond acceptors (Lipinski definition) is 2. The number of nitrogens with one attached hydrogen (secondary N) is 1. The van der Waals surface area contributed by atoms with Crippen LogP contribution in [0.5, 0.6) is 0 Å². The van der Waals surface area contributed by atoms with Crippen molar-refractivity contribution in [3.63, 3.8) is 0 Å². The Bertz CT molecular complexity index is 700. The van der Waals surface area contributed by atoms with Crippen molar-refractivity contribution in [2.45, 2.75) is 6.42 Å². The van der Waals surface area contributed by atoms with Crippen LogP contribution in [0.4, 0.5) is 15.8 Å². The molecule has 0 unspecified atom stereocenters. The van der Waals surface area contributed by atoms with Gasteiger partial charge in [-0.25, -0.2) is 4.39 Å². The number of hydrogen-bond donors (Lipinski definition) is 2. The van der Waals surface area contributed by atoms with Crippen LogP contribution >= 0.6 is 11.6 Å². The van der Waals surface area contributed by atoms with Gasteiger partial charge in [-0.05, 0) is 29.3 Å². The molecule has 19 heavy (non-hydrogen) atoms. The van der Waals surface area contributed by atoms with E-state index in [1.165, 1.54) is 12.1 Å². The molecule has 0 bridgehead atoms. The van der Waals surface area contributed by atoms with Gasteiger partial charge in [-0.2, -0.15) is 0 Å². The molecule has 1 heterocycles. The highest BCUT2D eigenvalue weighted by Gasteiger charge is 2.18. The van der Waals surface area contributed by atoms with E-state index in [4.69, 9.17) is 17.3 Å². The number of nitrogen functional groups attached to an aromatic ring is 1. The third-order valence-electron chi connectivity index (χ3n) is 3.13. The molecule has 0 saturated carbocycles. The highest BCUT2D eigenvalue weighted by atomic mass is 35.5. The minimum Gasteiger partial charge on any atom is -0.396 e. The summed E-state index contributed by atoms with van der Waals surface area (Å²) in [5, 5.41) is 3.13. The lowest BCUT2D eigenvalue weighted by molar-refractivity contribution is -0.115. The maximum absolute atomic E-state index is 13.5. The molecule has 5 heteroatoms. The quantitative estimate of drug-likeness (QED) is 0.786. The number of halogens is 2. The summed E-state index contributed by atoms with van der Waals surface area (Å²) in [7, 11) is 0. The molecule has 0 spiro atoms. The molecule has 0 atom stereocenters. The Labute approximate surface area is 114 Å². The average Bonchev–Trinajstić information content (AvgIpc) is 2.72. The highest BCUT2D eigenvalue weighted by Crippen LogP contribution is 2.35. The van der Waals surface area contributed by atoms with E-state index in [-0.39, 0.29) is 11.6 Å². The first-order valence-corrected chi connectivity index (χ1v) is 6.10. The van der Waals surface area contributed by atoms with Gasteiger partial charge in [0.2, 0.25) is 5.91 Å². The minimum atomic E-state index is -0.510. The first kappa shape index (κ1) is 12.0. The Morgan fingerprint density at radius 2 is 2.05 bits per heavy atom. The van der Waals surface area contributed by atoms with Crippen molar-refractivity contribution in [2.24, 2.45) is 0 Å². The van der Waals surface area contributed by atoms with Gasteiger partial charge in [0.1, 0.15) is 5.82 Å². The van der Waals surface area contributed by atoms with Crippen LogP contribution in [0, 0.1) is 5.82 Å². The number of fused-ring (bicyclic) bond motifs is 1. The van der Waals surface area contributed by atoms with Gasteiger partial charge in [0.25, 0.3) is 0 Å². The van der Waals surface area contributed by atoms with E-state index >= 15 is 0 Å². The highest BCUT2D eigenvalue weighted by molar-refractivity contribution is 6.33. The number of benzene rings is 2. The molecule has 3 rings (SSSR count). The van der Waals surface area contributed by atoms with Crippen molar-refractivity contribution in [1.29, 1.82) is 0 Å². The standard InChI is InChI=1S/C14H10ClFN2O/c15-10-6-12(17)11(16)5-9(10)7-1-2-8-4-14(19)18-13(8)3-7/h1-3,5-6H,4,17H2,(H,18,19). The van der Waals surface area contributed by atoms with Crippen LogP contribution in [-0.4, -0.2) is 5.91 Å². The van der Waals surface area contributed by atoms with E-state index in [1.807, 2.05) is 12.1 Å². The van der Waals surface area contributed by atoms with E-state index < -0.39 is 5.82 Å². The van der Waals surface area contributed by atoms with E-state index in [2.05, 4.69) is 5.32 Å². The molecular weight excluding hydrogens is 267 g/mol. The van der Waals surface area contributed by atoms with Crippen LogP contribution in [0.1, 0.15) is 5.56 Å². The first-order chi connectivity index (χ1) is 9.04. The van der Waals surface area contributed by atoms with Crippen LogP contribution in [0.25, 0.3) is 11.1 Å². The fourth-order valence-electron chi connectivity index (χ4n) is 2.17. The molecular formula is C14H10ClFN2O. The fraction of sp³-hybridized carbons (Fsp3) is 0.0714. The van der Waals surface area contributed by atoms with Crippen LogP contribution in [0.2, 0.25) is 5.02 Å². The lowest BCUT2D eigenvalue weighted by Crippen LogP contribution is -2.03. The summed E-state index contributed by atoms with van der Waals surface area (Å²) in [5.41, 5.74) is 8.45. The van der Waals surface area contributed by atoms with Crippen LogP contribution < -0.4 is 11.1 Å². The predicted octanol–water partition coefficient (Wildman–Crippen LogP) is 3.22. The number of rotatable bonds is 1. The number of nitrogens with two attached hydrogens (primary N) is 1. The lowest BCUT2D eigenvalue weighted by Gasteiger charge is -2.08. The van der Waals surface area contributed by atoms with E-state index in [1.54, 1.807) is 6.07 Å². The van der Waals surface area contributed by atoms with Gasteiger partial charge in [0, 0.05) is 11.3 Å². The number of anilines is 2. The summed E-state index contributed by atoms with van der Waals surface area (Å²) < 4.78 is 13.5. The summed E-state index contributed by atoms with van der Waals surface area (Å²) in [6.45, 7) is 0. The van der Waals surface area contributed by atoms with Crippen molar-refractivity contribution in [3.05, 3.63) is 46.7 Å². The third-order valence-corrected chi connectivity index (χ3v) is 3.45. The second-order valence-corrected chi connectivity index (χ2v) is 4.86. The van der Waals surface area contributed by atoms with E-state index in [9.17, 15) is 9.18 Å². The summed E-state index contributed by atoms with van der Waals surface area (Å²) in [4.78, 5) is 11.3. The molecule has 96 valence electrons. The zero-order chi connectivity index (χ0) is 13.6. The molecule has 0 fully saturated rings. The molecule has 0 radical (unpaired) electrons. The van der Waals surface area contributed by atoms with Crippen molar-refractivity contribution in [1.82, 2.24) is 0 Å². The molecule has 2 aromatic rings. The smallest absolute Gasteiger partial charge is 0.228 e. The van der Waals surface area contributed by atoms with E-state index in [0.717, 1.165) is 16.8 Å². The molecule has 0 saturated heterocycles. The molecule has 0 aromatic heterocycles. The Morgan fingerprint density at radius 1 is 1.26 bits per heavy atom. The van der Waals surface area contributed by atoms with Crippen molar-refractivity contribution >= 4 is 28.9 Å². The second kappa shape index (κ2) is 4.24. The number of carbonyl (C=O) groups is 1. The van der Waals surface area contributed by atoms with Crippen LogP contribution in [0.3, 0.4) is 0 Å². The maximum atomic E-state index is 13.5. The largest absolute Gasteiger partial charge is 0.396 e. The maximum Gasteiger partial charge on any atom is 0.228 e. The molecule has 1 aliphatic rings. The summed E-state index contributed by atoms with van der Waals surface area (Å²) >= 11 is 6.08. The van der Waals surface area contributed by atoms with Gasteiger partial charge in [-0.3, -0.25) is 4.79 Å². The Morgan fingerprint density at radius 3 is 2.84 bits per heavy atom. The van der Waals surface area contributed by atoms with E-state index in [0.29, 0.717) is 17.0 Å². The molecule has 3 N–H and O–H groups in total. The Hall–Kier alpha value is -2.07. The second-order valence-electron chi connectivity index (χ2n) is 4.45. The van der Waals surface area contributed by atoms with Crippen molar-refractivity contribution in [3.8, 4) is 11.1 Å². The van der Waals surface area contributed by atoms with Gasteiger partial charge in [-0.15, -0.1) is 0 Å². The zero-order valence-corrected chi connectivity index (χ0v) is 10.6. The van der Waals surface area contributed by atoms with Crippen LogP contribution in [-0.2, 0) is 11.2 Å². The summed E-state index contributed by atoms with van der Waals surface area (Å²) in [6.07, 6.45) is 0.374. The van der Waals surface area contributed by atoms with Crippen molar-refractivity contribution < 1.29 is 9.18 Å². The summed E-state index contributed by atoms with van der Waals surface area (Å²) in [5.74, 6) is -0.550.